The van der Waals surface area contributed by atoms with E-state index in [4.69, 9.17) is 0 Å². The number of nitrogens with one attached hydrogen (secondary N) is 1. The Balaban J connectivity index is 2.71. The quantitative estimate of drug-likeness (QED) is 0.837. The lowest BCUT2D eigenvalue weighted by Crippen LogP contribution is -2.35. The first-order chi connectivity index (χ1) is 8.85. The Morgan fingerprint density at radius 3 is 2.16 bits per heavy atom. The van der Waals surface area contributed by atoms with Gasteiger partial charge in [0.15, 0.2) is 0 Å². The predicted molar refractivity (Wildman–Crippen MR) is 81.2 cm³/mol. The van der Waals surface area contributed by atoms with Crippen LogP contribution in [-0.2, 0) is 16.3 Å². The molecule has 1 aromatic rings. The van der Waals surface area contributed by atoms with Gasteiger partial charge in [-0.3, -0.25) is 0 Å². The highest BCUT2D eigenvalue weighted by atomic mass is 32.2. The summed E-state index contributed by atoms with van der Waals surface area (Å²) in [5, 5.41) is 3.40. The first-order valence-electron chi connectivity index (χ1n) is 6.88. The van der Waals surface area contributed by atoms with Crippen molar-refractivity contribution in [3.05, 3.63) is 35.4 Å². The third-order valence-corrected chi connectivity index (χ3v) is 4.34. The van der Waals surface area contributed by atoms with Gasteiger partial charge >= 0.3 is 0 Å². The Bertz CT molecular complexity index is 479. The van der Waals surface area contributed by atoms with Crippen LogP contribution in [0.1, 0.15) is 44.4 Å². The van der Waals surface area contributed by atoms with Crippen LogP contribution in [0.25, 0.3) is 0 Å². The van der Waals surface area contributed by atoms with E-state index in [9.17, 15) is 8.42 Å². The second-order valence-corrected chi connectivity index (χ2v) is 7.40. The highest BCUT2D eigenvalue weighted by Crippen LogP contribution is 2.18. The molecule has 108 valence electrons. The summed E-state index contributed by atoms with van der Waals surface area (Å²) in [5.41, 5.74) is 2.54. The monoisotopic (exact) mass is 283 g/mol. The molecule has 2 atom stereocenters. The highest BCUT2D eigenvalue weighted by molar-refractivity contribution is 7.90. The molecule has 0 aromatic heterocycles. The van der Waals surface area contributed by atoms with E-state index >= 15 is 0 Å². The van der Waals surface area contributed by atoms with Gasteiger partial charge in [0, 0.05) is 18.3 Å². The van der Waals surface area contributed by atoms with Gasteiger partial charge in [-0.15, -0.1) is 0 Å². The first-order valence-corrected chi connectivity index (χ1v) is 8.94. The van der Waals surface area contributed by atoms with Crippen LogP contribution < -0.4 is 5.32 Å². The molecule has 1 rings (SSSR count). The van der Waals surface area contributed by atoms with Crippen molar-refractivity contribution >= 4 is 9.84 Å². The lowest BCUT2D eigenvalue weighted by Gasteiger charge is -2.22. The van der Waals surface area contributed by atoms with Crippen LogP contribution in [0.3, 0.4) is 0 Å². The van der Waals surface area contributed by atoms with E-state index in [1.54, 1.807) is 0 Å². The molecule has 0 bridgehead atoms. The molecular weight excluding hydrogens is 258 g/mol. The second kappa shape index (κ2) is 7.06. The molecule has 2 unspecified atom stereocenters. The zero-order valence-corrected chi connectivity index (χ0v) is 13.1. The molecule has 0 aliphatic carbocycles. The molecule has 0 amide bonds. The Morgan fingerprint density at radius 2 is 1.74 bits per heavy atom. The van der Waals surface area contributed by atoms with Crippen molar-refractivity contribution in [3.63, 3.8) is 0 Å². The molecule has 1 N–H and O–H groups in total. The summed E-state index contributed by atoms with van der Waals surface area (Å²) in [5.74, 6) is 0.177. The molecule has 0 radical (unpaired) electrons. The minimum absolute atomic E-state index is 0.0363. The summed E-state index contributed by atoms with van der Waals surface area (Å²) in [6, 6.07) is 8.72. The minimum atomic E-state index is -2.93. The maximum atomic E-state index is 11.3. The Kier molecular flexibility index (Phi) is 6.01. The molecular formula is C15H25NO2S. The normalized spacial score (nSPS) is 15.2. The van der Waals surface area contributed by atoms with Gasteiger partial charge in [0.2, 0.25) is 0 Å². The molecule has 0 heterocycles. The molecule has 1 aromatic carbocycles. The lowest BCUT2D eigenvalue weighted by atomic mass is 10.0. The number of hydrogen-bond acceptors (Lipinski definition) is 3. The van der Waals surface area contributed by atoms with Crippen LogP contribution in [0, 0.1) is 0 Å². The van der Waals surface area contributed by atoms with Gasteiger partial charge in [-0.1, -0.05) is 38.1 Å². The van der Waals surface area contributed by atoms with Crippen LogP contribution in [0.2, 0.25) is 0 Å². The Hall–Kier alpha value is -0.870. The predicted octanol–water partition coefficient (Wildman–Crippen LogP) is 2.72. The summed E-state index contributed by atoms with van der Waals surface area (Å²) in [7, 11) is -2.93. The summed E-state index contributed by atoms with van der Waals surface area (Å²) < 4.78 is 22.6. The maximum absolute atomic E-state index is 11.3. The zero-order chi connectivity index (χ0) is 14.5. The number of aryl methyl sites for hydroxylation is 1. The minimum Gasteiger partial charge on any atom is -0.306 e. The van der Waals surface area contributed by atoms with Crippen LogP contribution in [-0.4, -0.2) is 26.5 Å². The van der Waals surface area contributed by atoms with Crippen molar-refractivity contribution < 1.29 is 8.42 Å². The number of hydrogen-bond donors (Lipinski definition) is 1. The fraction of sp³-hybridized carbons (Fsp3) is 0.600. The van der Waals surface area contributed by atoms with Crippen molar-refractivity contribution in [1.29, 1.82) is 0 Å². The van der Waals surface area contributed by atoms with Gasteiger partial charge < -0.3 is 5.32 Å². The molecule has 0 fully saturated rings. The van der Waals surface area contributed by atoms with Gasteiger partial charge in [-0.25, -0.2) is 8.42 Å². The molecule has 0 spiro atoms. The van der Waals surface area contributed by atoms with E-state index in [0.29, 0.717) is 0 Å². The first kappa shape index (κ1) is 16.2. The fourth-order valence-corrected chi connectivity index (χ4v) is 3.29. The summed E-state index contributed by atoms with van der Waals surface area (Å²) in [4.78, 5) is 0. The lowest BCUT2D eigenvalue weighted by molar-refractivity contribution is 0.464. The van der Waals surface area contributed by atoms with Gasteiger partial charge in [0.25, 0.3) is 0 Å². The van der Waals surface area contributed by atoms with Crippen LogP contribution >= 0.6 is 0 Å². The molecule has 3 nitrogen and oxygen atoms in total. The van der Waals surface area contributed by atoms with Gasteiger partial charge in [-0.05, 0) is 30.9 Å². The van der Waals surface area contributed by atoms with E-state index in [0.717, 1.165) is 12.8 Å². The standard InChI is InChI=1S/C15H25NO2S/c1-5-13-7-9-14(10-8-13)15(6-2)16-12(3)11-19(4,17)18/h7-10,12,15-16H,5-6,11H2,1-4H3. The van der Waals surface area contributed by atoms with E-state index in [1.807, 2.05) is 6.92 Å². The van der Waals surface area contributed by atoms with Crippen molar-refractivity contribution in [2.45, 2.75) is 45.7 Å². The van der Waals surface area contributed by atoms with Crippen molar-refractivity contribution in [3.8, 4) is 0 Å². The van der Waals surface area contributed by atoms with E-state index in [2.05, 4.69) is 43.4 Å². The van der Waals surface area contributed by atoms with Crippen molar-refractivity contribution in [1.82, 2.24) is 5.32 Å². The van der Waals surface area contributed by atoms with Crippen LogP contribution in [0.5, 0.6) is 0 Å². The van der Waals surface area contributed by atoms with Gasteiger partial charge in [0.05, 0.1) is 5.75 Å². The third-order valence-electron chi connectivity index (χ3n) is 3.24. The maximum Gasteiger partial charge on any atom is 0.148 e. The largest absolute Gasteiger partial charge is 0.306 e. The number of sulfone groups is 1. The topological polar surface area (TPSA) is 46.2 Å². The average molecular weight is 283 g/mol. The van der Waals surface area contributed by atoms with Gasteiger partial charge in [0.1, 0.15) is 9.84 Å². The molecule has 4 heteroatoms. The summed E-state index contributed by atoms with van der Waals surface area (Å²) >= 11 is 0. The van der Waals surface area contributed by atoms with Crippen molar-refractivity contribution in [2.75, 3.05) is 12.0 Å². The molecule has 19 heavy (non-hydrogen) atoms. The van der Waals surface area contributed by atoms with E-state index in [-0.39, 0.29) is 17.8 Å². The number of benzene rings is 1. The molecule has 0 aliphatic rings. The van der Waals surface area contributed by atoms with Crippen molar-refractivity contribution in [2.24, 2.45) is 0 Å². The summed E-state index contributed by atoms with van der Waals surface area (Å²) in [6.45, 7) is 6.17. The van der Waals surface area contributed by atoms with Gasteiger partial charge in [-0.2, -0.15) is 0 Å². The molecule has 0 aliphatic heterocycles. The van der Waals surface area contributed by atoms with E-state index < -0.39 is 9.84 Å². The number of rotatable bonds is 7. The van der Waals surface area contributed by atoms with E-state index in [1.165, 1.54) is 17.4 Å². The molecule has 0 saturated carbocycles. The smallest absolute Gasteiger partial charge is 0.148 e. The third kappa shape index (κ3) is 5.74. The van der Waals surface area contributed by atoms with Crippen LogP contribution in [0.15, 0.2) is 24.3 Å². The second-order valence-electron chi connectivity index (χ2n) is 5.22. The summed E-state index contributed by atoms with van der Waals surface area (Å²) in [6.07, 6.45) is 3.26. The average Bonchev–Trinajstić information content (AvgIpc) is 2.34. The highest BCUT2D eigenvalue weighted by Gasteiger charge is 2.15. The zero-order valence-electron chi connectivity index (χ0n) is 12.3. The Labute approximate surface area is 117 Å². The molecule has 0 saturated heterocycles. The SMILES string of the molecule is CCc1ccc(C(CC)NC(C)CS(C)(=O)=O)cc1. The Morgan fingerprint density at radius 1 is 1.16 bits per heavy atom. The van der Waals surface area contributed by atoms with Crippen LogP contribution in [0.4, 0.5) is 0 Å². The fourth-order valence-electron chi connectivity index (χ4n) is 2.28.